The van der Waals surface area contributed by atoms with Crippen LogP contribution >= 0.6 is 0 Å². The van der Waals surface area contributed by atoms with Gasteiger partial charge in [-0.15, -0.1) is 0 Å². The summed E-state index contributed by atoms with van der Waals surface area (Å²) in [6.45, 7) is 7.15. The van der Waals surface area contributed by atoms with Gasteiger partial charge in [-0.25, -0.2) is 0 Å². The molecule has 0 spiro atoms. The summed E-state index contributed by atoms with van der Waals surface area (Å²) in [6.07, 6.45) is 0. The molecule has 22 heavy (non-hydrogen) atoms. The molecule has 0 amide bonds. The molecule has 7 N–H and O–H groups in total. The minimum atomic E-state index is -1.75. The second-order valence-corrected chi connectivity index (χ2v) is 3.27. The molecule has 13 nitrogen and oxygen atoms in total. The zero-order valence-electron chi connectivity index (χ0n) is 12.0. The zero-order valence-corrected chi connectivity index (χ0v) is 12.9. The summed E-state index contributed by atoms with van der Waals surface area (Å²) < 4.78 is 0. The van der Waals surface area contributed by atoms with Gasteiger partial charge < -0.3 is 58.1 Å². The van der Waals surface area contributed by atoms with Gasteiger partial charge in [0.25, 0.3) is 0 Å². The van der Waals surface area contributed by atoms with E-state index >= 15 is 0 Å². The Labute approximate surface area is 138 Å². The average Bonchev–Trinajstić information content (AvgIpc) is 2.35. The minimum absolute atomic E-state index is 0. The molecule has 0 bridgehead atoms. The average molecular weight is 377 g/mol. The van der Waals surface area contributed by atoms with Gasteiger partial charge in [0, 0.05) is 52.4 Å². The summed E-state index contributed by atoms with van der Waals surface area (Å²) in [4.78, 5) is 16.5. The topological polar surface area (TPSA) is 221 Å². The molecule has 0 fully saturated rings. The van der Waals surface area contributed by atoms with Crippen molar-refractivity contribution >= 4 is 0 Å². The van der Waals surface area contributed by atoms with E-state index in [2.05, 4.69) is 16.0 Å². The van der Waals surface area contributed by atoms with Crippen LogP contribution in [0.25, 0.3) is 0 Å². The Morgan fingerprint density at radius 3 is 1.00 bits per heavy atom. The van der Waals surface area contributed by atoms with Crippen molar-refractivity contribution in [2.45, 2.75) is 0 Å². The van der Waals surface area contributed by atoms with E-state index in [0.717, 1.165) is 39.3 Å². The Morgan fingerprint density at radius 1 is 0.636 bits per heavy atom. The van der Waals surface area contributed by atoms with Gasteiger partial charge in [0.2, 0.25) is 0 Å². The van der Waals surface area contributed by atoms with Crippen LogP contribution in [0.2, 0.25) is 0 Å². The number of nitrogens with two attached hydrogens (primary N) is 2. The second kappa shape index (κ2) is 28.0. The van der Waals surface area contributed by atoms with Crippen molar-refractivity contribution in [1.29, 1.82) is 0 Å². The number of hydrogen-bond donors (Lipinski definition) is 5. The molecular formula is C8H23CuN7O6. The first-order valence-corrected chi connectivity index (χ1v) is 6.03. The largest absolute Gasteiger partial charge is 2.00 e. The number of rotatable bonds is 10. The van der Waals surface area contributed by atoms with E-state index in [-0.39, 0.29) is 17.1 Å². The molecule has 0 aromatic rings. The molecule has 0 aromatic carbocycles. The summed E-state index contributed by atoms with van der Waals surface area (Å²) in [5, 5.41) is 39.2. The molecule has 0 unspecified atom stereocenters. The van der Waals surface area contributed by atoms with Crippen LogP contribution in [0.1, 0.15) is 0 Å². The van der Waals surface area contributed by atoms with Gasteiger partial charge in [-0.2, -0.15) is 0 Å². The number of nitrogens with zero attached hydrogens (tertiary/aromatic N) is 2. The molecule has 0 atom stereocenters. The van der Waals surface area contributed by atoms with E-state index in [1.165, 1.54) is 0 Å². The van der Waals surface area contributed by atoms with Crippen molar-refractivity contribution in [3.63, 3.8) is 0 Å². The van der Waals surface area contributed by atoms with Gasteiger partial charge >= 0.3 is 17.1 Å². The van der Waals surface area contributed by atoms with Crippen molar-refractivity contribution in [2.75, 3.05) is 52.4 Å². The van der Waals surface area contributed by atoms with Crippen LogP contribution in [0, 0.1) is 30.6 Å². The van der Waals surface area contributed by atoms with Crippen molar-refractivity contribution in [3.8, 4) is 0 Å². The Balaban J connectivity index is -0.000000150. The van der Waals surface area contributed by atoms with Crippen molar-refractivity contribution < 1.29 is 27.2 Å². The molecule has 0 saturated carbocycles. The maximum absolute atomic E-state index is 8.25. The van der Waals surface area contributed by atoms with E-state index in [4.69, 9.17) is 42.1 Å². The molecule has 137 valence electrons. The summed E-state index contributed by atoms with van der Waals surface area (Å²) in [6, 6.07) is 0. The Morgan fingerprint density at radius 2 is 0.818 bits per heavy atom. The quantitative estimate of drug-likeness (QED) is 0.113. The molecule has 14 heteroatoms. The molecular weight excluding hydrogens is 354 g/mol. The van der Waals surface area contributed by atoms with Crippen LogP contribution in [-0.4, -0.2) is 62.5 Å². The predicted octanol–water partition coefficient (Wildman–Crippen LogP) is -2.81. The van der Waals surface area contributed by atoms with Gasteiger partial charge in [0.1, 0.15) is 0 Å². The van der Waals surface area contributed by atoms with Gasteiger partial charge in [-0.1, -0.05) is 0 Å². The first-order chi connectivity index (χ1) is 9.88. The summed E-state index contributed by atoms with van der Waals surface area (Å²) in [7, 11) is 0. The third-order valence-corrected chi connectivity index (χ3v) is 1.60. The fraction of sp³-hybridized carbons (Fsp3) is 1.00. The van der Waals surface area contributed by atoms with Gasteiger partial charge in [0.15, 0.2) is 0 Å². The minimum Gasteiger partial charge on any atom is -0.356 e. The molecule has 0 aliphatic rings. The fourth-order valence-corrected chi connectivity index (χ4v) is 0.933. The maximum atomic E-state index is 8.25. The second-order valence-electron chi connectivity index (χ2n) is 3.27. The van der Waals surface area contributed by atoms with Crippen LogP contribution in [0.15, 0.2) is 0 Å². The SMILES string of the molecule is NCCNCCNCCNCCN.O=[N+]([O-])[O-].O=[N+]([O-])[O-].[Cu+2]. The first-order valence-electron chi connectivity index (χ1n) is 6.03. The molecule has 0 rings (SSSR count). The third-order valence-electron chi connectivity index (χ3n) is 1.60. The number of nitrogens with one attached hydrogen (secondary N) is 3. The van der Waals surface area contributed by atoms with Crippen LogP contribution in [-0.2, 0) is 17.1 Å². The van der Waals surface area contributed by atoms with Crippen LogP contribution < -0.4 is 27.4 Å². The van der Waals surface area contributed by atoms with E-state index < -0.39 is 10.2 Å². The smallest absolute Gasteiger partial charge is 0.356 e. The van der Waals surface area contributed by atoms with E-state index in [1.54, 1.807) is 0 Å². The predicted molar refractivity (Wildman–Crippen MR) is 77.4 cm³/mol. The molecule has 0 aliphatic heterocycles. The van der Waals surface area contributed by atoms with Gasteiger partial charge in [0.05, 0.1) is 10.2 Å². The summed E-state index contributed by atoms with van der Waals surface area (Å²) >= 11 is 0. The van der Waals surface area contributed by atoms with Crippen molar-refractivity contribution in [3.05, 3.63) is 30.6 Å². The molecule has 0 saturated heterocycles. The Bertz CT molecular complexity index is 209. The van der Waals surface area contributed by atoms with Crippen LogP contribution in [0.4, 0.5) is 0 Å². The van der Waals surface area contributed by atoms with Crippen LogP contribution in [0.3, 0.4) is 0 Å². The summed E-state index contributed by atoms with van der Waals surface area (Å²) in [5.74, 6) is 0. The third kappa shape index (κ3) is 77.3. The van der Waals surface area contributed by atoms with E-state index in [0.29, 0.717) is 13.1 Å². The van der Waals surface area contributed by atoms with Gasteiger partial charge in [-0.3, -0.25) is 0 Å². The van der Waals surface area contributed by atoms with Crippen molar-refractivity contribution in [1.82, 2.24) is 16.0 Å². The number of hydrogen-bond acceptors (Lipinski definition) is 11. The Kier molecular flexibility index (Phi) is 36.6. The van der Waals surface area contributed by atoms with Crippen molar-refractivity contribution in [2.24, 2.45) is 11.5 Å². The van der Waals surface area contributed by atoms with E-state index in [9.17, 15) is 0 Å². The molecule has 0 heterocycles. The fourth-order valence-electron chi connectivity index (χ4n) is 0.933. The molecule has 1 radical (unpaired) electrons. The molecule has 0 aliphatic carbocycles. The maximum Gasteiger partial charge on any atom is 2.00 e. The monoisotopic (exact) mass is 376 g/mol. The van der Waals surface area contributed by atoms with Gasteiger partial charge in [-0.05, 0) is 0 Å². The Hall–Kier alpha value is -1.28. The van der Waals surface area contributed by atoms with Crippen LogP contribution in [0.5, 0.6) is 0 Å². The first kappa shape index (κ1) is 28.8. The summed E-state index contributed by atoms with van der Waals surface area (Å²) in [5.41, 5.74) is 10.6. The normalized spacial score (nSPS) is 8.45. The standard InChI is InChI=1S/C8H23N5.Cu.2NO3/c9-1-3-11-5-7-13-8-6-12-4-2-10;;2*2-1(3)4/h11-13H,1-10H2;;;/q;+2;2*-1. The zero-order chi connectivity index (χ0) is 16.9. The van der Waals surface area contributed by atoms with E-state index in [1.807, 2.05) is 0 Å². The molecule has 0 aromatic heterocycles.